The van der Waals surface area contributed by atoms with Gasteiger partial charge in [-0.15, -0.1) is 10.2 Å². The van der Waals surface area contributed by atoms with Crippen molar-refractivity contribution in [1.82, 2.24) is 20.1 Å². The molecule has 192 valence electrons. The second-order valence-electron chi connectivity index (χ2n) is 9.63. The van der Waals surface area contributed by atoms with Crippen LogP contribution in [0, 0.1) is 6.92 Å². The lowest BCUT2D eigenvalue weighted by Crippen LogP contribution is -2.25. The maximum absolute atomic E-state index is 12.8. The first-order valence-electron chi connectivity index (χ1n) is 13.2. The van der Waals surface area contributed by atoms with Gasteiger partial charge in [0.15, 0.2) is 5.82 Å². The molecule has 0 saturated heterocycles. The smallest absolute Gasteiger partial charge is 0.222 e. The van der Waals surface area contributed by atoms with Gasteiger partial charge in [0.05, 0.1) is 17.8 Å². The zero-order valence-corrected chi connectivity index (χ0v) is 22.0. The van der Waals surface area contributed by atoms with Gasteiger partial charge in [-0.2, -0.15) is 0 Å². The van der Waals surface area contributed by atoms with Crippen molar-refractivity contribution in [2.75, 3.05) is 6.54 Å². The number of aryl methyl sites for hydroxylation is 1. The number of carbonyl (C=O) groups excluding carboxylic acids is 1. The lowest BCUT2D eigenvalue weighted by Gasteiger charge is -2.15. The molecular formula is C33H29N5O. The van der Waals surface area contributed by atoms with Gasteiger partial charge in [0.1, 0.15) is 11.9 Å². The molecule has 0 bridgehead atoms. The summed E-state index contributed by atoms with van der Waals surface area (Å²) in [5.41, 5.74) is 8.27. The van der Waals surface area contributed by atoms with E-state index in [0.29, 0.717) is 12.4 Å². The number of nitrogens with one attached hydrogen (secondary N) is 1. The predicted octanol–water partition coefficient (Wildman–Crippen LogP) is 6.33. The molecule has 1 amide bonds. The maximum atomic E-state index is 12.8. The van der Waals surface area contributed by atoms with Crippen LogP contribution in [0.1, 0.15) is 42.2 Å². The summed E-state index contributed by atoms with van der Waals surface area (Å²) in [6.07, 6.45) is 0.192. The summed E-state index contributed by atoms with van der Waals surface area (Å²) in [6, 6.07) is 35.1. The number of hydrogen-bond acceptors (Lipinski definition) is 4. The van der Waals surface area contributed by atoms with Crippen LogP contribution in [0.3, 0.4) is 0 Å². The summed E-state index contributed by atoms with van der Waals surface area (Å²) < 4.78 is 2.04. The predicted molar refractivity (Wildman–Crippen MR) is 155 cm³/mol. The molecule has 0 saturated carbocycles. The van der Waals surface area contributed by atoms with Gasteiger partial charge in [-0.3, -0.25) is 14.4 Å². The van der Waals surface area contributed by atoms with Gasteiger partial charge < -0.3 is 5.32 Å². The van der Waals surface area contributed by atoms with Gasteiger partial charge in [-0.1, -0.05) is 91.0 Å². The zero-order valence-electron chi connectivity index (χ0n) is 22.0. The number of nitrogens with zero attached hydrogens (tertiary/aromatic N) is 4. The Morgan fingerprint density at radius 1 is 0.769 bits per heavy atom. The first-order valence-corrected chi connectivity index (χ1v) is 13.2. The lowest BCUT2D eigenvalue weighted by molar-refractivity contribution is -0.121. The van der Waals surface area contributed by atoms with E-state index in [4.69, 9.17) is 4.99 Å². The summed E-state index contributed by atoms with van der Waals surface area (Å²) in [5.74, 6) is 1.37. The molecule has 0 aliphatic carbocycles. The standard InChI is InChI=1S/C33H29N5O/c1-3-34-31(39)21-29-33-37-36-22(2)38(33)30-19-18-27(24-12-8-5-9-13-24)20-28(30)32(35-29)26-16-14-25(15-17-26)23-10-6-4-7-11-23/h4-20,29H,3,21H2,1-2H3,(H,34,39)/t29-/m0/s1. The molecule has 4 aromatic carbocycles. The van der Waals surface area contributed by atoms with E-state index >= 15 is 0 Å². The molecule has 6 rings (SSSR count). The quantitative estimate of drug-likeness (QED) is 0.290. The molecule has 6 nitrogen and oxygen atoms in total. The number of carbonyl (C=O) groups is 1. The number of amides is 1. The molecule has 1 aromatic heterocycles. The Balaban J connectivity index is 1.54. The Kier molecular flexibility index (Phi) is 6.59. The van der Waals surface area contributed by atoms with E-state index in [1.807, 2.05) is 54.8 Å². The van der Waals surface area contributed by atoms with Crippen molar-refractivity contribution in [3.8, 4) is 27.9 Å². The zero-order chi connectivity index (χ0) is 26.8. The van der Waals surface area contributed by atoms with E-state index in [2.05, 4.69) is 82.2 Å². The number of benzene rings is 4. The number of rotatable bonds is 6. The van der Waals surface area contributed by atoms with Crippen LogP contribution in [0.2, 0.25) is 0 Å². The topological polar surface area (TPSA) is 72.2 Å². The first-order chi connectivity index (χ1) is 19.1. The van der Waals surface area contributed by atoms with Crippen molar-refractivity contribution in [3.63, 3.8) is 0 Å². The van der Waals surface area contributed by atoms with E-state index in [9.17, 15) is 4.79 Å². The van der Waals surface area contributed by atoms with Gasteiger partial charge in [-0.05, 0) is 48.2 Å². The molecule has 0 fully saturated rings. The van der Waals surface area contributed by atoms with Crippen molar-refractivity contribution in [2.24, 2.45) is 4.99 Å². The molecule has 1 aliphatic rings. The highest BCUT2D eigenvalue weighted by Crippen LogP contribution is 2.35. The molecule has 1 atom stereocenters. The maximum Gasteiger partial charge on any atom is 0.222 e. The fourth-order valence-corrected chi connectivity index (χ4v) is 5.17. The molecule has 0 unspecified atom stereocenters. The van der Waals surface area contributed by atoms with Crippen LogP contribution >= 0.6 is 0 Å². The number of fused-ring (bicyclic) bond motifs is 3. The number of aliphatic imine (C=N–C) groups is 1. The van der Waals surface area contributed by atoms with Crippen LogP contribution in [0.4, 0.5) is 0 Å². The molecule has 1 aliphatic heterocycles. The van der Waals surface area contributed by atoms with Crippen LogP contribution in [-0.2, 0) is 4.79 Å². The monoisotopic (exact) mass is 511 g/mol. The Hall–Kier alpha value is -4.84. The summed E-state index contributed by atoms with van der Waals surface area (Å²) in [6.45, 7) is 4.42. The summed E-state index contributed by atoms with van der Waals surface area (Å²) in [7, 11) is 0. The number of hydrogen-bond donors (Lipinski definition) is 1. The van der Waals surface area contributed by atoms with Gasteiger partial charge in [0.2, 0.25) is 5.91 Å². The van der Waals surface area contributed by atoms with Gasteiger partial charge in [0, 0.05) is 17.7 Å². The third-order valence-corrected chi connectivity index (χ3v) is 7.05. The fourth-order valence-electron chi connectivity index (χ4n) is 5.17. The van der Waals surface area contributed by atoms with Gasteiger partial charge in [0.25, 0.3) is 0 Å². The van der Waals surface area contributed by atoms with Crippen molar-refractivity contribution >= 4 is 11.6 Å². The summed E-state index contributed by atoms with van der Waals surface area (Å²) >= 11 is 0. The van der Waals surface area contributed by atoms with Crippen molar-refractivity contribution in [1.29, 1.82) is 0 Å². The minimum absolute atomic E-state index is 0.0619. The highest BCUT2D eigenvalue weighted by atomic mass is 16.1. The van der Waals surface area contributed by atoms with E-state index < -0.39 is 6.04 Å². The third-order valence-electron chi connectivity index (χ3n) is 7.05. The Morgan fingerprint density at radius 3 is 2.03 bits per heavy atom. The molecule has 6 heteroatoms. The summed E-state index contributed by atoms with van der Waals surface area (Å²) in [5, 5.41) is 11.8. The highest BCUT2D eigenvalue weighted by molar-refractivity contribution is 6.16. The first kappa shape index (κ1) is 24.5. The van der Waals surface area contributed by atoms with Crippen molar-refractivity contribution in [3.05, 3.63) is 126 Å². The minimum Gasteiger partial charge on any atom is -0.356 e. The van der Waals surface area contributed by atoms with E-state index in [1.165, 1.54) is 0 Å². The summed E-state index contributed by atoms with van der Waals surface area (Å²) in [4.78, 5) is 18.0. The van der Waals surface area contributed by atoms with E-state index in [1.54, 1.807) is 0 Å². The van der Waals surface area contributed by atoms with E-state index in [-0.39, 0.29) is 12.3 Å². The normalized spacial score (nSPS) is 14.1. The van der Waals surface area contributed by atoms with Crippen molar-refractivity contribution in [2.45, 2.75) is 26.3 Å². The molecule has 2 heterocycles. The molecule has 0 spiro atoms. The van der Waals surface area contributed by atoms with Crippen LogP contribution in [0.25, 0.3) is 27.9 Å². The highest BCUT2D eigenvalue weighted by Gasteiger charge is 2.30. The molecule has 0 radical (unpaired) electrons. The third kappa shape index (κ3) is 4.77. The fraction of sp³-hybridized carbons (Fsp3) is 0.152. The average molecular weight is 512 g/mol. The molecule has 1 N–H and O–H groups in total. The average Bonchev–Trinajstić information content (AvgIpc) is 3.30. The second kappa shape index (κ2) is 10.5. The van der Waals surface area contributed by atoms with Gasteiger partial charge >= 0.3 is 0 Å². The largest absolute Gasteiger partial charge is 0.356 e. The van der Waals surface area contributed by atoms with Crippen LogP contribution in [0.15, 0.2) is 108 Å². The van der Waals surface area contributed by atoms with Gasteiger partial charge in [-0.25, -0.2) is 0 Å². The van der Waals surface area contributed by atoms with Crippen LogP contribution < -0.4 is 5.32 Å². The molecule has 5 aromatic rings. The number of aromatic nitrogens is 3. The van der Waals surface area contributed by atoms with Crippen molar-refractivity contribution < 1.29 is 4.79 Å². The SMILES string of the molecule is CCNC(=O)C[C@@H]1N=C(c2ccc(-c3ccccc3)cc2)c2cc(-c3ccccc3)ccc2-n2c(C)nnc21. The minimum atomic E-state index is -0.478. The Morgan fingerprint density at radius 2 is 1.36 bits per heavy atom. The van der Waals surface area contributed by atoms with E-state index in [0.717, 1.165) is 50.6 Å². The lowest BCUT2D eigenvalue weighted by atomic mass is 9.94. The second-order valence-corrected chi connectivity index (χ2v) is 9.63. The van der Waals surface area contributed by atoms with Crippen LogP contribution in [0.5, 0.6) is 0 Å². The van der Waals surface area contributed by atoms with Crippen LogP contribution in [-0.4, -0.2) is 32.9 Å². The Labute approximate surface area is 228 Å². The molecule has 39 heavy (non-hydrogen) atoms. The Bertz CT molecular complexity index is 1650. The molecular weight excluding hydrogens is 482 g/mol.